The minimum Gasteiger partial charge on any atom is -0.488 e. The van der Waals surface area contributed by atoms with Gasteiger partial charge in [-0.1, -0.05) is 24.3 Å². The third-order valence-corrected chi connectivity index (χ3v) is 3.89. The van der Waals surface area contributed by atoms with Gasteiger partial charge in [-0.05, 0) is 41.8 Å². The third-order valence-electron chi connectivity index (χ3n) is 3.89. The number of carboxylic acid groups (broad SMARTS) is 2. The molecule has 0 aliphatic carbocycles. The van der Waals surface area contributed by atoms with Crippen molar-refractivity contribution in [2.45, 2.75) is 6.92 Å². The van der Waals surface area contributed by atoms with Crippen LogP contribution >= 0.6 is 0 Å². The predicted molar refractivity (Wildman–Crippen MR) is 84.9 cm³/mol. The van der Waals surface area contributed by atoms with Crippen molar-refractivity contribution in [2.75, 3.05) is 6.61 Å². The minimum absolute atomic E-state index is 0.000805. The molecule has 0 saturated carbocycles. The van der Waals surface area contributed by atoms with Crippen molar-refractivity contribution in [1.82, 2.24) is 0 Å². The molecule has 116 valence electrons. The van der Waals surface area contributed by atoms with E-state index in [0.717, 1.165) is 11.3 Å². The summed E-state index contributed by atoms with van der Waals surface area (Å²) in [5.74, 6) is -1.55. The van der Waals surface area contributed by atoms with Crippen LogP contribution < -0.4 is 4.74 Å². The summed E-state index contributed by atoms with van der Waals surface area (Å²) in [6.07, 6.45) is 1.88. The van der Waals surface area contributed by atoms with Gasteiger partial charge in [-0.25, -0.2) is 9.59 Å². The first kappa shape index (κ1) is 14.8. The van der Waals surface area contributed by atoms with Crippen molar-refractivity contribution in [2.24, 2.45) is 0 Å². The molecule has 1 aliphatic heterocycles. The fraction of sp³-hybridized carbons (Fsp3) is 0.111. The molecule has 2 aromatic carbocycles. The number of carboxylic acids is 2. The molecular weight excluding hydrogens is 296 g/mol. The average molecular weight is 310 g/mol. The van der Waals surface area contributed by atoms with Crippen LogP contribution in [0.15, 0.2) is 36.4 Å². The lowest BCUT2D eigenvalue weighted by Gasteiger charge is -2.20. The van der Waals surface area contributed by atoms with Crippen LogP contribution in [0.2, 0.25) is 0 Å². The van der Waals surface area contributed by atoms with E-state index < -0.39 is 11.9 Å². The standard InChI is InChI=1S/C18H14O5/c1-10-13(17(19)20)6-7-14(16(10)18(21)22)12-8-11-4-2-3-5-15(11)23-9-12/h2-8H,9H2,1H3,(H,19,20)(H,21,22). The molecule has 0 unspecified atom stereocenters. The largest absolute Gasteiger partial charge is 0.488 e. The highest BCUT2D eigenvalue weighted by molar-refractivity contribution is 6.02. The Balaban J connectivity index is 2.18. The lowest BCUT2D eigenvalue weighted by molar-refractivity contribution is 0.0695. The molecule has 0 amide bonds. The zero-order valence-electron chi connectivity index (χ0n) is 12.4. The molecule has 3 rings (SSSR count). The Morgan fingerprint density at radius 1 is 1.04 bits per heavy atom. The molecule has 1 heterocycles. The summed E-state index contributed by atoms with van der Waals surface area (Å²) in [5.41, 5.74) is 2.28. The van der Waals surface area contributed by atoms with Gasteiger partial charge in [0.1, 0.15) is 12.4 Å². The van der Waals surface area contributed by atoms with Gasteiger partial charge in [-0.2, -0.15) is 0 Å². The van der Waals surface area contributed by atoms with Crippen LogP contribution in [0.25, 0.3) is 11.6 Å². The fourth-order valence-corrected chi connectivity index (χ4v) is 2.76. The van der Waals surface area contributed by atoms with Gasteiger partial charge >= 0.3 is 11.9 Å². The Bertz CT molecular complexity index is 848. The van der Waals surface area contributed by atoms with Crippen LogP contribution in [0.4, 0.5) is 0 Å². The molecule has 1 aliphatic rings. The summed E-state index contributed by atoms with van der Waals surface area (Å²) in [6, 6.07) is 10.4. The topological polar surface area (TPSA) is 83.8 Å². The Hall–Kier alpha value is -3.08. The lowest BCUT2D eigenvalue weighted by atomic mass is 9.91. The van der Waals surface area contributed by atoms with Gasteiger partial charge in [0.15, 0.2) is 0 Å². The maximum absolute atomic E-state index is 11.6. The van der Waals surface area contributed by atoms with E-state index >= 15 is 0 Å². The smallest absolute Gasteiger partial charge is 0.336 e. The quantitative estimate of drug-likeness (QED) is 0.908. The SMILES string of the molecule is Cc1c(C(=O)O)ccc(C2=Cc3ccccc3OC2)c1C(=O)O. The summed E-state index contributed by atoms with van der Waals surface area (Å²) in [4.78, 5) is 22.9. The van der Waals surface area contributed by atoms with Crippen molar-refractivity contribution >= 4 is 23.6 Å². The van der Waals surface area contributed by atoms with Crippen LogP contribution in [-0.4, -0.2) is 28.8 Å². The van der Waals surface area contributed by atoms with E-state index in [1.54, 1.807) is 0 Å². The number of para-hydroxylation sites is 1. The normalized spacial score (nSPS) is 12.8. The molecule has 0 bridgehead atoms. The third kappa shape index (κ3) is 2.57. The van der Waals surface area contributed by atoms with E-state index in [-0.39, 0.29) is 23.3 Å². The molecule has 0 spiro atoms. The van der Waals surface area contributed by atoms with Crippen molar-refractivity contribution in [1.29, 1.82) is 0 Å². The molecule has 5 heteroatoms. The zero-order valence-corrected chi connectivity index (χ0v) is 12.4. The van der Waals surface area contributed by atoms with Crippen LogP contribution in [0.3, 0.4) is 0 Å². The van der Waals surface area contributed by atoms with Gasteiger partial charge in [0.2, 0.25) is 0 Å². The zero-order chi connectivity index (χ0) is 16.6. The van der Waals surface area contributed by atoms with E-state index in [1.807, 2.05) is 30.3 Å². The van der Waals surface area contributed by atoms with Gasteiger partial charge in [0, 0.05) is 5.56 Å². The minimum atomic E-state index is -1.15. The number of fused-ring (bicyclic) bond motifs is 1. The predicted octanol–water partition coefficient (Wildman–Crippen LogP) is 3.32. The molecule has 0 aromatic heterocycles. The Labute approximate surface area is 132 Å². The van der Waals surface area contributed by atoms with Crippen LogP contribution in [0.1, 0.15) is 37.4 Å². The van der Waals surface area contributed by atoms with Crippen molar-refractivity contribution < 1.29 is 24.5 Å². The van der Waals surface area contributed by atoms with Crippen molar-refractivity contribution in [3.05, 3.63) is 64.2 Å². The first-order chi connectivity index (χ1) is 11.0. The van der Waals surface area contributed by atoms with Gasteiger partial charge in [0.25, 0.3) is 0 Å². The molecule has 2 N–H and O–H groups in total. The fourth-order valence-electron chi connectivity index (χ4n) is 2.76. The highest BCUT2D eigenvalue weighted by atomic mass is 16.5. The number of rotatable bonds is 3. The summed E-state index contributed by atoms with van der Waals surface area (Å²) in [7, 11) is 0. The van der Waals surface area contributed by atoms with E-state index in [4.69, 9.17) is 4.74 Å². The summed E-state index contributed by atoms with van der Waals surface area (Å²) >= 11 is 0. The molecule has 0 atom stereocenters. The molecular formula is C18H14O5. The van der Waals surface area contributed by atoms with E-state index in [0.29, 0.717) is 11.1 Å². The molecule has 0 saturated heterocycles. The molecule has 0 radical (unpaired) electrons. The molecule has 23 heavy (non-hydrogen) atoms. The number of hydrogen-bond acceptors (Lipinski definition) is 3. The van der Waals surface area contributed by atoms with E-state index in [9.17, 15) is 19.8 Å². The lowest BCUT2D eigenvalue weighted by Crippen LogP contribution is -2.14. The molecule has 0 fully saturated rings. The highest BCUT2D eigenvalue weighted by Crippen LogP contribution is 2.33. The second-order valence-electron chi connectivity index (χ2n) is 5.27. The Morgan fingerprint density at radius 3 is 2.48 bits per heavy atom. The highest BCUT2D eigenvalue weighted by Gasteiger charge is 2.23. The maximum atomic E-state index is 11.6. The maximum Gasteiger partial charge on any atom is 0.336 e. The molecule has 2 aromatic rings. The average Bonchev–Trinajstić information content (AvgIpc) is 2.53. The van der Waals surface area contributed by atoms with Gasteiger partial charge < -0.3 is 14.9 Å². The second-order valence-corrected chi connectivity index (χ2v) is 5.27. The van der Waals surface area contributed by atoms with Crippen molar-refractivity contribution in [3.63, 3.8) is 0 Å². The first-order valence-corrected chi connectivity index (χ1v) is 7.02. The van der Waals surface area contributed by atoms with E-state index in [2.05, 4.69) is 0 Å². The number of ether oxygens (including phenoxy) is 1. The monoisotopic (exact) mass is 310 g/mol. The number of hydrogen-bond donors (Lipinski definition) is 2. The van der Waals surface area contributed by atoms with Crippen molar-refractivity contribution in [3.8, 4) is 5.75 Å². The second kappa shape index (κ2) is 5.61. The van der Waals surface area contributed by atoms with Crippen LogP contribution in [-0.2, 0) is 0 Å². The summed E-state index contributed by atoms with van der Waals surface area (Å²) in [5, 5.41) is 18.7. The van der Waals surface area contributed by atoms with E-state index in [1.165, 1.54) is 19.1 Å². The first-order valence-electron chi connectivity index (χ1n) is 7.02. The number of benzene rings is 2. The summed E-state index contributed by atoms with van der Waals surface area (Å²) < 4.78 is 5.67. The summed E-state index contributed by atoms with van der Waals surface area (Å²) in [6.45, 7) is 1.75. The van der Waals surface area contributed by atoms with Crippen LogP contribution in [0.5, 0.6) is 5.75 Å². The Morgan fingerprint density at radius 2 is 1.78 bits per heavy atom. The Kier molecular flexibility index (Phi) is 3.62. The van der Waals surface area contributed by atoms with Crippen LogP contribution in [0, 0.1) is 6.92 Å². The van der Waals surface area contributed by atoms with Gasteiger partial charge in [-0.3, -0.25) is 0 Å². The van der Waals surface area contributed by atoms with Gasteiger partial charge in [-0.15, -0.1) is 0 Å². The molecule has 5 nitrogen and oxygen atoms in total. The van der Waals surface area contributed by atoms with Gasteiger partial charge in [0.05, 0.1) is 11.1 Å². The number of aromatic carboxylic acids is 2. The number of carbonyl (C=O) groups is 2.